The van der Waals surface area contributed by atoms with Gasteiger partial charge in [-0.3, -0.25) is 14.6 Å². The Labute approximate surface area is 171 Å². The van der Waals surface area contributed by atoms with Crippen molar-refractivity contribution < 1.29 is 13.9 Å². The summed E-state index contributed by atoms with van der Waals surface area (Å²) in [6, 6.07) is 12.6. The average Bonchev–Trinajstić information content (AvgIpc) is 3.19. The van der Waals surface area contributed by atoms with Crippen molar-refractivity contribution in [2.24, 2.45) is 0 Å². The maximum Gasteiger partial charge on any atom is 0.241 e. The molecule has 5 nitrogen and oxygen atoms in total. The smallest absolute Gasteiger partial charge is 0.241 e. The maximum atomic E-state index is 13.2. The van der Waals surface area contributed by atoms with Crippen molar-refractivity contribution in [1.82, 2.24) is 9.80 Å². The van der Waals surface area contributed by atoms with Crippen molar-refractivity contribution >= 4 is 11.6 Å². The minimum Gasteiger partial charge on any atom is -0.493 e. The second-order valence-electron chi connectivity index (χ2n) is 7.71. The third kappa shape index (κ3) is 4.77. The number of benzene rings is 2. The topological polar surface area (TPSA) is 36.0 Å². The van der Waals surface area contributed by atoms with Crippen molar-refractivity contribution in [3.63, 3.8) is 0 Å². The monoisotopic (exact) mass is 397 g/mol. The van der Waals surface area contributed by atoms with Crippen LogP contribution in [0.1, 0.15) is 18.1 Å². The van der Waals surface area contributed by atoms with E-state index in [4.69, 9.17) is 4.74 Å². The molecule has 0 atom stereocenters. The molecule has 0 aromatic heterocycles. The van der Waals surface area contributed by atoms with E-state index in [1.54, 1.807) is 17.0 Å². The van der Waals surface area contributed by atoms with Crippen LogP contribution in [0.3, 0.4) is 0 Å². The first-order valence-electron chi connectivity index (χ1n) is 10.4. The fourth-order valence-electron chi connectivity index (χ4n) is 4.10. The molecule has 2 aliphatic rings. The second-order valence-corrected chi connectivity index (χ2v) is 7.71. The number of ether oxygens (including phenoxy) is 1. The minimum absolute atomic E-state index is 0.0613. The Hall–Kier alpha value is -2.44. The van der Waals surface area contributed by atoms with E-state index in [9.17, 15) is 9.18 Å². The molecule has 154 valence electrons. The van der Waals surface area contributed by atoms with Gasteiger partial charge >= 0.3 is 0 Å². The van der Waals surface area contributed by atoms with E-state index in [0.717, 1.165) is 57.2 Å². The first-order valence-corrected chi connectivity index (χ1v) is 10.4. The maximum absolute atomic E-state index is 13.2. The third-order valence-corrected chi connectivity index (χ3v) is 5.74. The molecule has 0 N–H and O–H groups in total. The number of likely N-dealkylation sites (N-methyl/N-ethyl adjacent to an activating group) is 1. The number of amides is 1. The fraction of sp³-hybridized carbons (Fsp3) is 0.435. The SMILES string of the molecule is CCN(C(=O)CN1CCN(Cc2ccc3c(c2)CCO3)CC1)c1ccc(F)cc1. The molecule has 29 heavy (non-hydrogen) atoms. The highest BCUT2D eigenvalue weighted by Gasteiger charge is 2.22. The van der Waals surface area contributed by atoms with Gasteiger partial charge in [-0.2, -0.15) is 0 Å². The van der Waals surface area contributed by atoms with Crippen LogP contribution in [-0.4, -0.2) is 61.6 Å². The number of nitrogens with zero attached hydrogens (tertiary/aromatic N) is 3. The first kappa shape index (κ1) is 19.9. The van der Waals surface area contributed by atoms with Gasteiger partial charge in [0.15, 0.2) is 0 Å². The van der Waals surface area contributed by atoms with Gasteiger partial charge in [0.25, 0.3) is 0 Å². The van der Waals surface area contributed by atoms with Crippen LogP contribution in [0.4, 0.5) is 10.1 Å². The van der Waals surface area contributed by atoms with Gasteiger partial charge in [-0.1, -0.05) is 12.1 Å². The number of piperazine rings is 1. The molecule has 1 saturated heterocycles. The van der Waals surface area contributed by atoms with Crippen molar-refractivity contribution in [2.75, 3.05) is 50.8 Å². The molecule has 6 heteroatoms. The molecule has 2 aromatic rings. The largest absolute Gasteiger partial charge is 0.493 e. The zero-order valence-corrected chi connectivity index (χ0v) is 16.9. The summed E-state index contributed by atoms with van der Waals surface area (Å²) in [6.07, 6.45) is 1.00. The van der Waals surface area contributed by atoms with E-state index in [-0.39, 0.29) is 11.7 Å². The van der Waals surface area contributed by atoms with Crippen LogP contribution >= 0.6 is 0 Å². The molecule has 0 radical (unpaired) electrons. The van der Waals surface area contributed by atoms with Gasteiger partial charge in [0.1, 0.15) is 11.6 Å². The second kappa shape index (κ2) is 8.93. The summed E-state index contributed by atoms with van der Waals surface area (Å²) in [4.78, 5) is 19.1. The van der Waals surface area contributed by atoms with Gasteiger partial charge in [0.2, 0.25) is 5.91 Å². The summed E-state index contributed by atoms with van der Waals surface area (Å²) in [5.41, 5.74) is 3.39. The molecule has 1 fully saturated rings. The molecule has 0 unspecified atom stereocenters. The van der Waals surface area contributed by atoms with Gasteiger partial charge in [-0.15, -0.1) is 0 Å². The van der Waals surface area contributed by atoms with E-state index < -0.39 is 0 Å². The lowest BCUT2D eigenvalue weighted by Crippen LogP contribution is -2.49. The predicted molar refractivity (Wildman–Crippen MR) is 112 cm³/mol. The van der Waals surface area contributed by atoms with Crippen LogP contribution in [0.25, 0.3) is 0 Å². The first-order chi connectivity index (χ1) is 14.1. The summed E-state index contributed by atoms with van der Waals surface area (Å²) < 4.78 is 18.7. The highest BCUT2D eigenvalue weighted by molar-refractivity contribution is 5.94. The van der Waals surface area contributed by atoms with Crippen LogP contribution in [0.2, 0.25) is 0 Å². The standard InChI is InChI=1S/C23H28FN3O2/c1-2-27(21-6-4-20(24)5-7-21)23(28)17-26-12-10-25(11-13-26)16-18-3-8-22-19(15-18)9-14-29-22/h3-8,15H,2,9-14,16-17H2,1H3. The van der Waals surface area contributed by atoms with E-state index in [1.807, 2.05) is 6.92 Å². The van der Waals surface area contributed by atoms with Gasteiger partial charge in [0, 0.05) is 51.4 Å². The number of carbonyl (C=O) groups is 1. The number of rotatable bonds is 6. The van der Waals surface area contributed by atoms with Crippen molar-refractivity contribution in [2.45, 2.75) is 19.9 Å². The highest BCUT2D eigenvalue weighted by atomic mass is 19.1. The van der Waals surface area contributed by atoms with Crippen LogP contribution in [0.5, 0.6) is 5.75 Å². The number of fused-ring (bicyclic) bond motifs is 1. The Morgan fingerprint density at radius 3 is 2.52 bits per heavy atom. The quantitative estimate of drug-likeness (QED) is 0.751. The molecule has 0 bridgehead atoms. The van der Waals surface area contributed by atoms with Gasteiger partial charge in [-0.25, -0.2) is 4.39 Å². The number of hydrogen-bond donors (Lipinski definition) is 0. The van der Waals surface area contributed by atoms with Crippen molar-refractivity contribution in [3.05, 3.63) is 59.4 Å². The van der Waals surface area contributed by atoms with Crippen LogP contribution in [-0.2, 0) is 17.8 Å². The van der Waals surface area contributed by atoms with Crippen molar-refractivity contribution in [3.8, 4) is 5.75 Å². The van der Waals surface area contributed by atoms with Gasteiger partial charge in [0.05, 0.1) is 13.2 Å². The lowest BCUT2D eigenvalue weighted by molar-refractivity contribution is -0.120. The zero-order valence-electron chi connectivity index (χ0n) is 16.9. The molecule has 4 rings (SSSR count). The minimum atomic E-state index is -0.288. The Morgan fingerprint density at radius 2 is 1.79 bits per heavy atom. The fourth-order valence-corrected chi connectivity index (χ4v) is 4.10. The molecule has 1 amide bonds. The molecular formula is C23H28FN3O2. The lowest BCUT2D eigenvalue weighted by atomic mass is 10.1. The normalized spacial score (nSPS) is 17.0. The predicted octanol–water partition coefficient (Wildman–Crippen LogP) is 2.93. The Balaban J connectivity index is 1.28. The van der Waals surface area contributed by atoms with Gasteiger partial charge < -0.3 is 9.64 Å². The molecular weight excluding hydrogens is 369 g/mol. The lowest BCUT2D eigenvalue weighted by Gasteiger charge is -2.35. The summed E-state index contributed by atoms with van der Waals surface area (Å²) in [6.45, 7) is 8.29. The summed E-state index contributed by atoms with van der Waals surface area (Å²) in [7, 11) is 0. The van der Waals surface area contributed by atoms with E-state index in [0.29, 0.717) is 13.1 Å². The van der Waals surface area contributed by atoms with Crippen molar-refractivity contribution in [1.29, 1.82) is 0 Å². The number of halogens is 1. The van der Waals surface area contributed by atoms with E-state index in [1.165, 1.54) is 23.3 Å². The molecule has 0 aliphatic carbocycles. The number of anilines is 1. The van der Waals surface area contributed by atoms with E-state index in [2.05, 4.69) is 28.0 Å². The van der Waals surface area contributed by atoms with Crippen LogP contribution < -0.4 is 9.64 Å². The molecule has 2 heterocycles. The molecule has 2 aliphatic heterocycles. The number of carbonyl (C=O) groups excluding carboxylic acids is 1. The Bertz CT molecular complexity index is 848. The summed E-state index contributed by atoms with van der Waals surface area (Å²) in [5, 5.41) is 0. The highest BCUT2D eigenvalue weighted by Crippen LogP contribution is 2.26. The Kier molecular flexibility index (Phi) is 6.11. The average molecular weight is 397 g/mol. The third-order valence-electron chi connectivity index (χ3n) is 5.74. The van der Waals surface area contributed by atoms with Crippen LogP contribution in [0, 0.1) is 5.82 Å². The number of hydrogen-bond acceptors (Lipinski definition) is 4. The Morgan fingerprint density at radius 1 is 1.07 bits per heavy atom. The summed E-state index contributed by atoms with van der Waals surface area (Å²) in [5.74, 6) is 0.800. The van der Waals surface area contributed by atoms with E-state index >= 15 is 0 Å². The van der Waals surface area contributed by atoms with Gasteiger partial charge in [-0.05, 0) is 48.4 Å². The molecule has 2 aromatic carbocycles. The molecule has 0 saturated carbocycles. The summed E-state index contributed by atoms with van der Waals surface area (Å²) >= 11 is 0. The molecule has 0 spiro atoms. The van der Waals surface area contributed by atoms with Crippen LogP contribution in [0.15, 0.2) is 42.5 Å². The zero-order chi connectivity index (χ0) is 20.2.